The monoisotopic (exact) mass is 178 g/mol. The van der Waals surface area contributed by atoms with Crippen LogP contribution in [-0.2, 0) is 0 Å². The van der Waals surface area contributed by atoms with Crippen molar-refractivity contribution in [2.45, 2.75) is 39.0 Å². The fraction of sp³-hybridized carbons (Fsp3) is 1.00. The van der Waals surface area contributed by atoms with Gasteiger partial charge in [-0.25, -0.2) is 0 Å². The number of alkyl halides is 1. The number of hydrogen-bond acceptors (Lipinski definition) is 1. The zero-order valence-electron chi connectivity index (χ0n) is 7.35. The van der Waals surface area contributed by atoms with Gasteiger partial charge in [-0.05, 0) is 25.2 Å². The molecule has 1 nitrogen and oxygen atoms in total. The fourth-order valence-electron chi connectivity index (χ4n) is 1.17. The van der Waals surface area contributed by atoms with Gasteiger partial charge in [0.1, 0.15) is 0 Å². The molecule has 1 atom stereocenters. The van der Waals surface area contributed by atoms with Crippen LogP contribution < -0.4 is 0 Å². The molecule has 11 heavy (non-hydrogen) atoms. The lowest BCUT2D eigenvalue weighted by Gasteiger charge is -2.08. The molecule has 0 aromatic carbocycles. The second-order valence-electron chi connectivity index (χ2n) is 3.16. The summed E-state index contributed by atoms with van der Waals surface area (Å²) in [6, 6.07) is 0. The number of aliphatic hydroxyl groups excluding tert-OH is 1. The predicted octanol–water partition coefficient (Wildman–Crippen LogP) is 2.80. The third kappa shape index (κ3) is 8.15. The van der Waals surface area contributed by atoms with Gasteiger partial charge in [0.25, 0.3) is 0 Å². The molecule has 0 bridgehead atoms. The minimum atomic E-state index is 0.336. The first kappa shape index (κ1) is 11.2. The van der Waals surface area contributed by atoms with E-state index < -0.39 is 0 Å². The van der Waals surface area contributed by atoms with Gasteiger partial charge in [-0.3, -0.25) is 0 Å². The van der Waals surface area contributed by atoms with E-state index in [1.165, 1.54) is 12.8 Å². The molecule has 0 radical (unpaired) electrons. The van der Waals surface area contributed by atoms with E-state index in [1.807, 2.05) is 0 Å². The van der Waals surface area contributed by atoms with E-state index in [0.29, 0.717) is 6.61 Å². The van der Waals surface area contributed by atoms with Crippen LogP contribution in [0.15, 0.2) is 0 Å². The SMILES string of the molecule is C[C@H](CCCCl)CCCCO. The summed E-state index contributed by atoms with van der Waals surface area (Å²) in [6.45, 7) is 2.59. The summed E-state index contributed by atoms with van der Waals surface area (Å²) < 4.78 is 0. The van der Waals surface area contributed by atoms with Crippen LogP contribution in [0.1, 0.15) is 39.0 Å². The first-order valence-electron chi connectivity index (χ1n) is 4.48. The second kappa shape index (κ2) is 8.35. The molecule has 0 fully saturated rings. The summed E-state index contributed by atoms with van der Waals surface area (Å²) in [5.74, 6) is 1.56. The number of aliphatic hydroxyl groups is 1. The Hall–Kier alpha value is 0.250. The van der Waals surface area contributed by atoms with E-state index in [4.69, 9.17) is 16.7 Å². The van der Waals surface area contributed by atoms with Crippen LogP contribution >= 0.6 is 11.6 Å². The highest BCUT2D eigenvalue weighted by Crippen LogP contribution is 2.13. The first-order valence-corrected chi connectivity index (χ1v) is 5.01. The van der Waals surface area contributed by atoms with E-state index in [9.17, 15) is 0 Å². The van der Waals surface area contributed by atoms with E-state index in [-0.39, 0.29) is 0 Å². The van der Waals surface area contributed by atoms with Gasteiger partial charge in [0.2, 0.25) is 0 Å². The maximum atomic E-state index is 8.53. The Morgan fingerprint density at radius 3 is 2.36 bits per heavy atom. The molecule has 0 saturated carbocycles. The molecule has 0 aliphatic rings. The third-order valence-electron chi connectivity index (χ3n) is 1.94. The number of hydrogen-bond donors (Lipinski definition) is 1. The van der Waals surface area contributed by atoms with E-state index in [1.54, 1.807) is 0 Å². The van der Waals surface area contributed by atoms with E-state index in [2.05, 4.69) is 6.92 Å². The molecule has 0 unspecified atom stereocenters. The number of unbranched alkanes of at least 4 members (excludes halogenated alkanes) is 1. The van der Waals surface area contributed by atoms with Crippen LogP contribution in [0.3, 0.4) is 0 Å². The van der Waals surface area contributed by atoms with Crippen molar-refractivity contribution in [3.05, 3.63) is 0 Å². The minimum Gasteiger partial charge on any atom is -0.396 e. The average molecular weight is 179 g/mol. The summed E-state index contributed by atoms with van der Waals surface area (Å²) in [6.07, 6.45) is 5.69. The van der Waals surface area contributed by atoms with Gasteiger partial charge in [-0.15, -0.1) is 11.6 Å². The van der Waals surface area contributed by atoms with Crippen LogP contribution in [0.2, 0.25) is 0 Å². The lowest BCUT2D eigenvalue weighted by Crippen LogP contribution is -1.96. The first-order chi connectivity index (χ1) is 5.31. The molecule has 1 N–H and O–H groups in total. The molecule has 0 aromatic heterocycles. The Bertz CT molecular complexity index is 76.0. The van der Waals surface area contributed by atoms with Crippen molar-refractivity contribution in [3.8, 4) is 0 Å². The van der Waals surface area contributed by atoms with Gasteiger partial charge in [0.05, 0.1) is 0 Å². The van der Waals surface area contributed by atoms with Crippen molar-refractivity contribution in [3.63, 3.8) is 0 Å². The molecule has 0 aliphatic heterocycles. The van der Waals surface area contributed by atoms with E-state index >= 15 is 0 Å². The maximum absolute atomic E-state index is 8.53. The smallest absolute Gasteiger partial charge is 0.0431 e. The Morgan fingerprint density at radius 2 is 1.82 bits per heavy atom. The molecule has 68 valence electrons. The Kier molecular flexibility index (Phi) is 8.54. The summed E-state index contributed by atoms with van der Waals surface area (Å²) in [4.78, 5) is 0. The van der Waals surface area contributed by atoms with Gasteiger partial charge in [-0.1, -0.05) is 19.8 Å². The molecule has 0 heterocycles. The van der Waals surface area contributed by atoms with Crippen molar-refractivity contribution in [1.29, 1.82) is 0 Å². The zero-order valence-corrected chi connectivity index (χ0v) is 8.11. The summed E-state index contributed by atoms with van der Waals surface area (Å²) in [5.41, 5.74) is 0. The highest BCUT2D eigenvalue weighted by Gasteiger charge is 2.00. The zero-order chi connectivity index (χ0) is 8.53. The van der Waals surface area contributed by atoms with Crippen LogP contribution in [0.5, 0.6) is 0 Å². The van der Waals surface area contributed by atoms with Crippen LogP contribution in [0.25, 0.3) is 0 Å². The standard InChI is InChI=1S/C9H19ClO/c1-9(6-4-7-10)5-2-3-8-11/h9,11H,2-8H2,1H3/t9-/m0/s1. The van der Waals surface area contributed by atoms with Crippen molar-refractivity contribution >= 4 is 11.6 Å². The summed E-state index contributed by atoms with van der Waals surface area (Å²) in [7, 11) is 0. The van der Waals surface area contributed by atoms with Gasteiger partial charge >= 0.3 is 0 Å². The Labute approximate surface area is 74.8 Å². The second-order valence-corrected chi connectivity index (χ2v) is 3.53. The lowest BCUT2D eigenvalue weighted by atomic mass is 9.99. The summed E-state index contributed by atoms with van der Waals surface area (Å²) in [5, 5.41) is 8.53. The highest BCUT2D eigenvalue weighted by molar-refractivity contribution is 6.17. The third-order valence-corrected chi connectivity index (χ3v) is 2.20. The van der Waals surface area contributed by atoms with Gasteiger partial charge < -0.3 is 5.11 Å². The fourth-order valence-corrected chi connectivity index (χ4v) is 1.33. The van der Waals surface area contributed by atoms with Crippen molar-refractivity contribution in [2.24, 2.45) is 5.92 Å². The van der Waals surface area contributed by atoms with Gasteiger partial charge in [0.15, 0.2) is 0 Å². The largest absolute Gasteiger partial charge is 0.396 e. The molecular formula is C9H19ClO. The maximum Gasteiger partial charge on any atom is 0.0431 e. The Balaban J connectivity index is 3.02. The lowest BCUT2D eigenvalue weighted by molar-refractivity contribution is 0.278. The molecule has 0 amide bonds. The van der Waals surface area contributed by atoms with E-state index in [0.717, 1.165) is 31.1 Å². The Morgan fingerprint density at radius 1 is 1.18 bits per heavy atom. The van der Waals surface area contributed by atoms with Crippen LogP contribution in [-0.4, -0.2) is 17.6 Å². The average Bonchev–Trinajstić information content (AvgIpc) is 2.01. The molecule has 0 saturated heterocycles. The van der Waals surface area contributed by atoms with Gasteiger partial charge in [0, 0.05) is 12.5 Å². The molecule has 2 heteroatoms. The molecule has 0 rings (SSSR count). The molecular weight excluding hydrogens is 160 g/mol. The predicted molar refractivity (Wildman–Crippen MR) is 50.1 cm³/mol. The van der Waals surface area contributed by atoms with Crippen LogP contribution in [0, 0.1) is 5.92 Å². The van der Waals surface area contributed by atoms with Crippen molar-refractivity contribution in [2.75, 3.05) is 12.5 Å². The van der Waals surface area contributed by atoms with Gasteiger partial charge in [-0.2, -0.15) is 0 Å². The van der Waals surface area contributed by atoms with Crippen molar-refractivity contribution in [1.82, 2.24) is 0 Å². The molecule has 0 aromatic rings. The highest BCUT2D eigenvalue weighted by atomic mass is 35.5. The topological polar surface area (TPSA) is 20.2 Å². The molecule has 0 spiro atoms. The normalized spacial score (nSPS) is 13.4. The molecule has 0 aliphatic carbocycles. The summed E-state index contributed by atoms with van der Waals surface area (Å²) >= 11 is 5.57. The number of rotatable bonds is 7. The quantitative estimate of drug-likeness (QED) is 0.470. The minimum absolute atomic E-state index is 0.336. The van der Waals surface area contributed by atoms with Crippen LogP contribution in [0.4, 0.5) is 0 Å². The van der Waals surface area contributed by atoms with Crippen molar-refractivity contribution < 1.29 is 5.11 Å². The number of halogens is 1.